The molecule has 0 aromatic carbocycles. The molecule has 7 heteroatoms. The zero-order valence-electron chi connectivity index (χ0n) is 13.7. The van der Waals surface area contributed by atoms with Gasteiger partial charge in [0.2, 0.25) is 0 Å². The van der Waals surface area contributed by atoms with E-state index in [9.17, 15) is 5.11 Å². The Kier molecular flexibility index (Phi) is 6.15. The van der Waals surface area contributed by atoms with E-state index in [1.54, 1.807) is 25.2 Å². The summed E-state index contributed by atoms with van der Waals surface area (Å²) in [5.74, 6) is 5.89. The lowest BCUT2D eigenvalue weighted by Gasteiger charge is -2.25. The molecule has 0 amide bonds. The highest BCUT2D eigenvalue weighted by atomic mass is 32.1. The summed E-state index contributed by atoms with van der Waals surface area (Å²) >= 11 is 1.70. The molecule has 128 valence electrons. The molecule has 6 nitrogen and oxygen atoms in total. The first kappa shape index (κ1) is 18.2. The third kappa shape index (κ3) is 5.49. The predicted octanol–water partition coefficient (Wildman–Crippen LogP) is 1.85. The van der Waals surface area contributed by atoms with Gasteiger partial charge in [-0.2, -0.15) is 5.10 Å². The van der Waals surface area contributed by atoms with Gasteiger partial charge in [-0.05, 0) is 26.0 Å². The van der Waals surface area contributed by atoms with E-state index < -0.39 is 5.60 Å². The lowest BCUT2D eigenvalue weighted by atomic mass is 10.1. The summed E-state index contributed by atoms with van der Waals surface area (Å²) < 4.78 is 0. The number of aromatic nitrogens is 2. The molecule has 0 saturated heterocycles. The highest BCUT2D eigenvalue weighted by Gasteiger charge is 2.18. The van der Waals surface area contributed by atoms with E-state index in [2.05, 4.69) is 33.0 Å². The Balaban J connectivity index is 0.000000647. The molecular formula is C17H21N3O3S. The van der Waals surface area contributed by atoms with Crippen LogP contribution in [0.15, 0.2) is 18.3 Å². The molecular weight excluding hydrogens is 326 g/mol. The van der Waals surface area contributed by atoms with Crippen molar-refractivity contribution in [2.45, 2.75) is 39.0 Å². The van der Waals surface area contributed by atoms with Crippen molar-refractivity contribution in [1.29, 1.82) is 0 Å². The summed E-state index contributed by atoms with van der Waals surface area (Å²) in [6.07, 6.45) is 2.96. The average molecular weight is 347 g/mol. The quantitative estimate of drug-likeness (QED) is 0.570. The second-order valence-electron chi connectivity index (χ2n) is 6.01. The van der Waals surface area contributed by atoms with Crippen LogP contribution in [-0.4, -0.2) is 43.9 Å². The molecule has 0 atom stereocenters. The Morgan fingerprint density at radius 2 is 2.25 bits per heavy atom. The molecule has 2 aromatic heterocycles. The second-order valence-corrected chi connectivity index (χ2v) is 7.18. The number of nitrogens with one attached hydrogen (secondary N) is 1. The third-order valence-corrected chi connectivity index (χ3v) is 4.40. The zero-order valence-corrected chi connectivity index (χ0v) is 14.6. The van der Waals surface area contributed by atoms with Gasteiger partial charge in [-0.25, -0.2) is 0 Å². The number of fused-ring (bicyclic) bond motifs is 1. The fourth-order valence-corrected chi connectivity index (χ4v) is 3.28. The fraction of sp³-hybridized carbons (Fsp3) is 0.412. The molecule has 1 aliphatic rings. The smallest absolute Gasteiger partial charge is 0.290 e. The van der Waals surface area contributed by atoms with E-state index in [4.69, 9.17) is 9.90 Å². The van der Waals surface area contributed by atoms with Gasteiger partial charge < -0.3 is 10.2 Å². The van der Waals surface area contributed by atoms with E-state index in [0.29, 0.717) is 0 Å². The molecule has 0 radical (unpaired) electrons. The Hall–Kier alpha value is -2.14. The standard InChI is InChI=1S/C16H19N3OS.CH2O2/c1-16(2,20)7-5-13-3-4-14(21-13)11-19-8-6-15-12(10-19)9-17-18-15;2-1-3/h3-4,9,20H,6,8,10-11H2,1-2H3,(H,17,18);1H,(H,2,3). The van der Waals surface area contributed by atoms with E-state index in [1.165, 1.54) is 16.1 Å². The van der Waals surface area contributed by atoms with Crippen LogP contribution in [0.2, 0.25) is 0 Å². The summed E-state index contributed by atoms with van der Waals surface area (Å²) in [5.41, 5.74) is 1.64. The van der Waals surface area contributed by atoms with Gasteiger partial charge in [0, 0.05) is 42.2 Å². The number of rotatable bonds is 2. The minimum absolute atomic E-state index is 0.250. The lowest BCUT2D eigenvalue weighted by Crippen LogP contribution is -2.29. The molecule has 3 heterocycles. The van der Waals surface area contributed by atoms with Crippen molar-refractivity contribution in [3.05, 3.63) is 39.3 Å². The number of H-pyrrole nitrogens is 1. The molecule has 0 bridgehead atoms. The predicted molar refractivity (Wildman–Crippen MR) is 92.6 cm³/mol. The first-order valence-corrected chi connectivity index (χ1v) is 8.38. The molecule has 0 aliphatic carbocycles. The largest absolute Gasteiger partial charge is 0.483 e. The van der Waals surface area contributed by atoms with Crippen LogP contribution in [0.4, 0.5) is 0 Å². The number of hydrogen-bond acceptors (Lipinski definition) is 5. The molecule has 2 aromatic rings. The van der Waals surface area contributed by atoms with E-state index in [-0.39, 0.29) is 6.47 Å². The van der Waals surface area contributed by atoms with Crippen molar-refractivity contribution in [2.24, 2.45) is 0 Å². The molecule has 3 N–H and O–H groups in total. The summed E-state index contributed by atoms with van der Waals surface area (Å²) in [5, 5.41) is 23.7. The maximum atomic E-state index is 9.63. The van der Waals surface area contributed by atoms with E-state index in [0.717, 1.165) is 30.9 Å². The number of thiophene rings is 1. The van der Waals surface area contributed by atoms with Gasteiger partial charge in [0.05, 0.1) is 11.1 Å². The normalized spacial score (nSPS) is 14.0. The SMILES string of the molecule is CC(C)(O)C#Cc1ccc(CN2CCc3[nH]ncc3C2)s1.O=CO. The first-order chi connectivity index (χ1) is 11.4. The Bertz CT molecular complexity index is 734. The molecule has 0 saturated carbocycles. The van der Waals surface area contributed by atoms with Gasteiger partial charge in [-0.15, -0.1) is 11.3 Å². The Morgan fingerprint density at radius 1 is 1.50 bits per heavy atom. The van der Waals surface area contributed by atoms with E-state index >= 15 is 0 Å². The number of hydrogen-bond donors (Lipinski definition) is 3. The summed E-state index contributed by atoms with van der Waals surface area (Å²) in [7, 11) is 0. The van der Waals surface area contributed by atoms with Gasteiger partial charge in [0.1, 0.15) is 5.60 Å². The Morgan fingerprint density at radius 3 is 2.96 bits per heavy atom. The van der Waals surface area contributed by atoms with Gasteiger partial charge in [-0.3, -0.25) is 14.8 Å². The van der Waals surface area contributed by atoms with Crippen molar-refractivity contribution >= 4 is 17.8 Å². The van der Waals surface area contributed by atoms with Crippen LogP contribution >= 0.6 is 11.3 Å². The van der Waals surface area contributed by atoms with Crippen molar-refractivity contribution in [1.82, 2.24) is 15.1 Å². The number of aromatic amines is 1. The number of carbonyl (C=O) groups is 1. The lowest BCUT2D eigenvalue weighted by molar-refractivity contribution is -0.122. The summed E-state index contributed by atoms with van der Waals surface area (Å²) in [6, 6.07) is 4.16. The summed E-state index contributed by atoms with van der Waals surface area (Å²) in [6.45, 7) is 6.10. The minimum Gasteiger partial charge on any atom is -0.483 e. The van der Waals surface area contributed by atoms with Crippen molar-refractivity contribution in [2.75, 3.05) is 6.54 Å². The number of carboxylic acid groups (broad SMARTS) is 1. The second kappa shape index (κ2) is 8.11. The first-order valence-electron chi connectivity index (χ1n) is 7.57. The van der Waals surface area contributed by atoms with Crippen LogP contribution < -0.4 is 0 Å². The van der Waals surface area contributed by atoms with Crippen LogP contribution in [0.5, 0.6) is 0 Å². The molecule has 0 spiro atoms. The van der Waals surface area contributed by atoms with Crippen LogP contribution in [0, 0.1) is 11.8 Å². The zero-order chi connectivity index (χ0) is 17.6. The highest BCUT2D eigenvalue weighted by molar-refractivity contribution is 7.12. The minimum atomic E-state index is -0.936. The van der Waals surface area contributed by atoms with Gasteiger partial charge in [-0.1, -0.05) is 11.8 Å². The summed E-state index contributed by atoms with van der Waals surface area (Å²) in [4.78, 5) is 13.1. The maximum Gasteiger partial charge on any atom is 0.290 e. The van der Waals surface area contributed by atoms with Crippen LogP contribution in [0.25, 0.3) is 0 Å². The van der Waals surface area contributed by atoms with Crippen LogP contribution in [0.1, 0.15) is 34.9 Å². The van der Waals surface area contributed by atoms with Crippen LogP contribution in [-0.2, 0) is 24.3 Å². The number of nitrogens with zero attached hydrogens (tertiary/aromatic N) is 2. The molecule has 1 aliphatic heterocycles. The third-order valence-electron chi connectivity index (χ3n) is 3.41. The van der Waals surface area contributed by atoms with E-state index in [1.807, 2.05) is 12.3 Å². The topological polar surface area (TPSA) is 89.5 Å². The van der Waals surface area contributed by atoms with Crippen molar-refractivity contribution in [3.63, 3.8) is 0 Å². The van der Waals surface area contributed by atoms with Gasteiger partial charge in [0.15, 0.2) is 0 Å². The fourth-order valence-electron chi connectivity index (χ4n) is 2.38. The average Bonchev–Trinajstić information content (AvgIpc) is 3.14. The highest BCUT2D eigenvalue weighted by Crippen LogP contribution is 2.22. The van der Waals surface area contributed by atoms with Crippen LogP contribution in [0.3, 0.4) is 0 Å². The molecule has 3 rings (SSSR count). The maximum absolute atomic E-state index is 9.63. The molecule has 24 heavy (non-hydrogen) atoms. The number of aliphatic hydroxyl groups is 1. The monoisotopic (exact) mass is 347 g/mol. The Labute approximate surface area is 145 Å². The van der Waals surface area contributed by atoms with Crippen molar-refractivity contribution < 1.29 is 15.0 Å². The molecule has 0 fully saturated rings. The van der Waals surface area contributed by atoms with Gasteiger partial charge >= 0.3 is 0 Å². The van der Waals surface area contributed by atoms with Gasteiger partial charge in [0.25, 0.3) is 6.47 Å². The van der Waals surface area contributed by atoms with Crippen molar-refractivity contribution in [3.8, 4) is 11.8 Å². The molecule has 0 unspecified atom stereocenters.